The van der Waals surface area contributed by atoms with E-state index in [0.29, 0.717) is 56.6 Å². The number of benzene rings is 2. The number of hydrogen-bond acceptors (Lipinski definition) is 5. The highest BCUT2D eigenvalue weighted by Crippen LogP contribution is 2.32. The van der Waals surface area contributed by atoms with Crippen molar-refractivity contribution in [2.45, 2.75) is 25.9 Å². The summed E-state index contributed by atoms with van der Waals surface area (Å²) in [5, 5.41) is 0. The van der Waals surface area contributed by atoms with E-state index < -0.39 is 11.7 Å². The molecule has 3 aromatic rings. The second kappa shape index (κ2) is 10.5. The number of hydrogen-bond donors (Lipinski definition) is 0. The van der Waals surface area contributed by atoms with Crippen LogP contribution in [-0.2, 0) is 22.1 Å². The summed E-state index contributed by atoms with van der Waals surface area (Å²) in [6, 6.07) is 15.0. The molecule has 6 nitrogen and oxygen atoms in total. The Labute approximate surface area is 214 Å². The highest BCUT2D eigenvalue weighted by atomic mass is 19.4. The van der Waals surface area contributed by atoms with Gasteiger partial charge in [-0.1, -0.05) is 48.5 Å². The molecule has 2 aromatic carbocycles. The van der Waals surface area contributed by atoms with Gasteiger partial charge in [-0.15, -0.1) is 0 Å². The Kier molecular flexibility index (Phi) is 7.15. The molecular formula is C28H29F3N4O2. The average molecular weight is 511 g/mol. The number of amides is 1. The zero-order valence-electron chi connectivity index (χ0n) is 20.7. The molecule has 37 heavy (non-hydrogen) atoms. The first-order chi connectivity index (χ1) is 17.8. The van der Waals surface area contributed by atoms with Crippen molar-refractivity contribution < 1.29 is 22.7 Å². The second-order valence-electron chi connectivity index (χ2n) is 9.55. The minimum absolute atomic E-state index is 0.0750. The van der Waals surface area contributed by atoms with E-state index in [2.05, 4.69) is 4.90 Å². The molecule has 1 amide bonds. The topological polar surface area (TPSA) is 58.6 Å². The third kappa shape index (κ3) is 5.61. The van der Waals surface area contributed by atoms with Gasteiger partial charge in [-0.3, -0.25) is 4.79 Å². The van der Waals surface area contributed by atoms with E-state index in [-0.39, 0.29) is 18.2 Å². The number of aryl methyl sites for hydroxylation is 1. The minimum atomic E-state index is -4.41. The molecule has 2 saturated heterocycles. The number of piperazine rings is 1. The molecule has 1 atom stereocenters. The number of halogens is 3. The number of carbonyl (C=O) groups is 1. The molecule has 194 valence electrons. The Bertz CT molecular complexity index is 1250. The largest absolute Gasteiger partial charge is 0.416 e. The second-order valence-corrected chi connectivity index (χ2v) is 9.55. The maximum absolute atomic E-state index is 13.3. The van der Waals surface area contributed by atoms with Crippen LogP contribution in [0.25, 0.3) is 11.4 Å². The lowest BCUT2D eigenvalue weighted by atomic mass is 10.0. The monoisotopic (exact) mass is 510 g/mol. The third-order valence-electron chi connectivity index (χ3n) is 7.03. The van der Waals surface area contributed by atoms with Crippen LogP contribution in [0.4, 0.5) is 19.0 Å². The SMILES string of the molecule is Cc1nc(-c2ccccc2)nc(N2CCN(C(=O)[C@@H]3CCOC3)CC2)c1Cc1cccc(C(F)(F)F)c1. The molecule has 9 heteroatoms. The van der Waals surface area contributed by atoms with E-state index in [1.54, 1.807) is 6.07 Å². The summed E-state index contributed by atoms with van der Waals surface area (Å²) >= 11 is 0. The van der Waals surface area contributed by atoms with Crippen LogP contribution in [0.15, 0.2) is 54.6 Å². The number of alkyl halides is 3. The van der Waals surface area contributed by atoms with Crippen molar-refractivity contribution in [3.05, 3.63) is 77.0 Å². The van der Waals surface area contributed by atoms with Gasteiger partial charge in [0.2, 0.25) is 5.91 Å². The van der Waals surface area contributed by atoms with Crippen LogP contribution in [0.5, 0.6) is 0 Å². The van der Waals surface area contributed by atoms with Crippen LogP contribution >= 0.6 is 0 Å². The van der Waals surface area contributed by atoms with Crippen LogP contribution in [-0.4, -0.2) is 60.2 Å². The van der Waals surface area contributed by atoms with Crippen LogP contribution < -0.4 is 4.90 Å². The Hall–Kier alpha value is -3.46. The molecule has 0 radical (unpaired) electrons. The molecule has 0 N–H and O–H groups in total. The Balaban J connectivity index is 1.45. The van der Waals surface area contributed by atoms with Gasteiger partial charge in [0.15, 0.2) is 5.82 Å². The number of carbonyl (C=O) groups excluding carboxylic acids is 1. The normalized spacial score (nSPS) is 18.3. The molecule has 2 aliphatic heterocycles. The number of nitrogens with zero attached hydrogens (tertiary/aromatic N) is 4. The first kappa shape index (κ1) is 25.2. The van der Waals surface area contributed by atoms with E-state index in [9.17, 15) is 18.0 Å². The molecule has 0 unspecified atom stereocenters. The van der Waals surface area contributed by atoms with Gasteiger partial charge in [-0.2, -0.15) is 13.2 Å². The van der Waals surface area contributed by atoms with Crippen LogP contribution in [0.2, 0.25) is 0 Å². The van der Waals surface area contributed by atoms with Crippen molar-refractivity contribution in [2.24, 2.45) is 5.92 Å². The summed E-state index contributed by atoms with van der Waals surface area (Å²) < 4.78 is 45.4. The lowest BCUT2D eigenvalue weighted by Gasteiger charge is -2.37. The first-order valence-electron chi connectivity index (χ1n) is 12.5. The predicted octanol–water partition coefficient (Wildman–Crippen LogP) is 4.75. The van der Waals surface area contributed by atoms with Gasteiger partial charge in [0, 0.05) is 56.0 Å². The fraction of sp³-hybridized carbons (Fsp3) is 0.393. The van der Waals surface area contributed by atoms with Gasteiger partial charge in [0.25, 0.3) is 0 Å². The molecule has 2 aliphatic rings. The fourth-order valence-electron chi connectivity index (χ4n) is 4.95. The summed E-state index contributed by atoms with van der Waals surface area (Å²) in [7, 11) is 0. The molecule has 0 aliphatic carbocycles. The average Bonchev–Trinajstić information content (AvgIpc) is 3.45. The van der Waals surface area contributed by atoms with Crippen LogP contribution in [0.1, 0.15) is 28.8 Å². The minimum Gasteiger partial charge on any atom is -0.381 e. The van der Waals surface area contributed by atoms with Crippen molar-refractivity contribution in [1.29, 1.82) is 0 Å². The summed E-state index contributed by atoms with van der Waals surface area (Å²) in [6.45, 7) is 5.26. The summed E-state index contributed by atoms with van der Waals surface area (Å²) in [6.07, 6.45) is -3.38. The highest BCUT2D eigenvalue weighted by molar-refractivity contribution is 5.79. The van der Waals surface area contributed by atoms with E-state index in [1.165, 1.54) is 12.1 Å². The number of rotatable bonds is 5. The van der Waals surface area contributed by atoms with Gasteiger partial charge in [0.1, 0.15) is 5.82 Å². The zero-order valence-corrected chi connectivity index (χ0v) is 20.7. The summed E-state index contributed by atoms with van der Waals surface area (Å²) in [4.78, 5) is 26.5. The highest BCUT2D eigenvalue weighted by Gasteiger charge is 2.32. The van der Waals surface area contributed by atoms with Gasteiger partial charge in [0.05, 0.1) is 18.1 Å². The fourth-order valence-corrected chi connectivity index (χ4v) is 4.95. The Morgan fingerprint density at radius 2 is 1.78 bits per heavy atom. The Morgan fingerprint density at radius 1 is 1.03 bits per heavy atom. The maximum Gasteiger partial charge on any atom is 0.416 e. The molecule has 2 fully saturated rings. The predicted molar refractivity (Wildman–Crippen MR) is 134 cm³/mol. The number of anilines is 1. The van der Waals surface area contributed by atoms with Crippen LogP contribution in [0, 0.1) is 12.8 Å². The van der Waals surface area contributed by atoms with E-state index in [4.69, 9.17) is 14.7 Å². The lowest BCUT2D eigenvalue weighted by Crippen LogP contribution is -2.51. The van der Waals surface area contributed by atoms with Gasteiger partial charge in [-0.25, -0.2) is 9.97 Å². The summed E-state index contributed by atoms with van der Waals surface area (Å²) in [5.41, 5.74) is 2.26. The first-order valence-corrected chi connectivity index (χ1v) is 12.5. The number of ether oxygens (including phenoxy) is 1. The molecule has 0 bridgehead atoms. The van der Waals surface area contributed by atoms with Crippen molar-refractivity contribution in [1.82, 2.24) is 14.9 Å². The quantitative estimate of drug-likeness (QED) is 0.496. The van der Waals surface area contributed by atoms with Crippen molar-refractivity contribution in [3.8, 4) is 11.4 Å². The molecule has 0 spiro atoms. The van der Waals surface area contributed by atoms with E-state index >= 15 is 0 Å². The smallest absolute Gasteiger partial charge is 0.381 e. The molecular weight excluding hydrogens is 481 g/mol. The van der Waals surface area contributed by atoms with Gasteiger partial charge >= 0.3 is 6.18 Å². The molecule has 1 aromatic heterocycles. The maximum atomic E-state index is 13.3. The van der Waals surface area contributed by atoms with E-state index in [1.807, 2.05) is 42.2 Å². The van der Waals surface area contributed by atoms with Crippen molar-refractivity contribution >= 4 is 11.7 Å². The van der Waals surface area contributed by atoms with Crippen molar-refractivity contribution in [2.75, 3.05) is 44.3 Å². The molecule has 3 heterocycles. The van der Waals surface area contributed by atoms with Gasteiger partial charge < -0.3 is 14.5 Å². The van der Waals surface area contributed by atoms with Crippen molar-refractivity contribution in [3.63, 3.8) is 0 Å². The van der Waals surface area contributed by atoms with E-state index in [0.717, 1.165) is 29.3 Å². The van der Waals surface area contributed by atoms with Gasteiger partial charge in [-0.05, 0) is 25.0 Å². The molecule has 5 rings (SSSR count). The molecule has 0 saturated carbocycles. The third-order valence-corrected chi connectivity index (χ3v) is 7.03. The number of aromatic nitrogens is 2. The Morgan fingerprint density at radius 3 is 2.46 bits per heavy atom. The standard InChI is InChI=1S/C28H29F3N4O2/c1-19-24(17-20-6-5-9-23(16-20)28(29,30)31)26(33-25(32-19)21-7-3-2-4-8-21)34-11-13-35(14-12-34)27(36)22-10-15-37-18-22/h2-9,16,22H,10-15,17-18H2,1H3/t22-/m1/s1. The zero-order chi connectivity index (χ0) is 26.0. The lowest BCUT2D eigenvalue weighted by molar-refractivity contribution is -0.137. The summed E-state index contributed by atoms with van der Waals surface area (Å²) in [5.74, 6) is 1.33. The van der Waals surface area contributed by atoms with Crippen LogP contribution in [0.3, 0.4) is 0 Å².